The Kier molecular flexibility index (Phi) is 3.97. The minimum Gasteiger partial charge on any atom is -0.203 e. The number of benzene rings is 2. The molecule has 0 bridgehead atoms. The fraction of sp³-hybridized carbons (Fsp3) is 0.235. The summed E-state index contributed by atoms with van der Waals surface area (Å²) in [6.07, 6.45) is 0. The topological polar surface area (TPSA) is 23.8 Å². The molecule has 0 amide bonds. The van der Waals surface area contributed by atoms with Crippen molar-refractivity contribution < 1.29 is 17.6 Å². The summed E-state index contributed by atoms with van der Waals surface area (Å²) >= 11 is 0. The number of nitriles is 1. The van der Waals surface area contributed by atoms with E-state index < -0.39 is 34.4 Å². The van der Waals surface area contributed by atoms with E-state index in [2.05, 4.69) is 0 Å². The lowest BCUT2D eigenvalue weighted by Crippen LogP contribution is -2.10. The molecule has 0 aliphatic carbocycles. The van der Waals surface area contributed by atoms with Crippen molar-refractivity contribution in [1.29, 1.82) is 5.26 Å². The van der Waals surface area contributed by atoms with E-state index >= 15 is 0 Å². The molecule has 2 aromatic rings. The summed E-state index contributed by atoms with van der Waals surface area (Å²) < 4.78 is 55.3. The summed E-state index contributed by atoms with van der Waals surface area (Å²) in [7, 11) is 0. The molecule has 2 rings (SSSR count). The Hall–Kier alpha value is -2.35. The third kappa shape index (κ3) is 2.57. The Labute approximate surface area is 125 Å². The highest BCUT2D eigenvalue weighted by atomic mass is 19.2. The maximum absolute atomic E-state index is 14.0. The van der Waals surface area contributed by atoms with Crippen molar-refractivity contribution in [2.45, 2.75) is 26.2 Å². The predicted octanol–water partition coefficient (Wildman–Crippen LogP) is 5.08. The average Bonchev–Trinajstić information content (AvgIpc) is 2.46. The lowest BCUT2D eigenvalue weighted by atomic mass is 9.86. The zero-order valence-electron chi connectivity index (χ0n) is 12.3. The molecule has 0 aliphatic rings. The van der Waals surface area contributed by atoms with Crippen molar-refractivity contribution in [3.8, 4) is 17.2 Å². The van der Waals surface area contributed by atoms with Gasteiger partial charge in [0.25, 0.3) is 0 Å². The summed E-state index contributed by atoms with van der Waals surface area (Å²) in [5, 5.41) is 8.57. The second kappa shape index (κ2) is 5.45. The fourth-order valence-electron chi connectivity index (χ4n) is 2.12. The first-order valence-corrected chi connectivity index (χ1v) is 6.55. The molecule has 114 valence electrons. The van der Waals surface area contributed by atoms with E-state index in [1.807, 2.05) is 20.8 Å². The summed E-state index contributed by atoms with van der Waals surface area (Å²) in [5.74, 6) is -6.51. The molecule has 0 radical (unpaired) electrons. The van der Waals surface area contributed by atoms with Crippen LogP contribution in [0.3, 0.4) is 0 Å². The van der Waals surface area contributed by atoms with Gasteiger partial charge in [-0.2, -0.15) is 5.26 Å². The fourth-order valence-corrected chi connectivity index (χ4v) is 2.12. The molecular formula is C17H13F4N. The van der Waals surface area contributed by atoms with Gasteiger partial charge in [0, 0.05) is 0 Å². The van der Waals surface area contributed by atoms with E-state index in [9.17, 15) is 17.6 Å². The third-order valence-electron chi connectivity index (χ3n) is 3.41. The molecule has 0 saturated heterocycles. The number of halogens is 4. The van der Waals surface area contributed by atoms with E-state index in [4.69, 9.17) is 5.26 Å². The van der Waals surface area contributed by atoms with E-state index in [1.54, 1.807) is 12.1 Å². The molecule has 0 unspecified atom stereocenters. The van der Waals surface area contributed by atoms with Crippen LogP contribution < -0.4 is 0 Å². The van der Waals surface area contributed by atoms with Gasteiger partial charge in [0.1, 0.15) is 11.6 Å². The Balaban J connectivity index is 2.67. The zero-order valence-corrected chi connectivity index (χ0v) is 12.3. The van der Waals surface area contributed by atoms with Gasteiger partial charge in [-0.1, -0.05) is 45.0 Å². The predicted molar refractivity (Wildman–Crippen MR) is 75.1 cm³/mol. The van der Waals surface area contributed by atoms with Gasteiger partial charge in [0.2, 0.25) is 0 Å². The van der Waals surface area contributed by atoms with Gasteiger partial charge < -0.3 is 0 Å². The van der Waals surface area contributed by atoms with Crippen LogP contribution in [-0.4, -0.2) is 0 Å². The van der Waals surface area contributed by atoms with Gasteiger partial charge in [-0.15, -0.1) is 0 Å². The molecule has 2 aromatic carbocycles. The molecule has 5 heteroatoms. The Bertz CT molecular complexity index is 736. The van der Waals surface area contributed by atoms with Gasteiger partial charge in [0.05, 0.1) is 5.56 Å². The number of nitrogens with zero attached hydrogens (tertiary/aromatic N) is 1. The van der Waals surface area contributed by atoms with Crippen LogP contribution in [0.1, 0.15) is 31.9 Å². The largest absolute Gasteiger partial charge is 0.203 e. The molecule has 0 saturated carbocycles. The molecule has 0 spiro atoms. The van der Waals surface area contributed by atoms with Gasteiger partial charge in [-0.3, -0.25) is 0 Å². The molecule has 0 aliphatic heterocycles. The molecule has 0 N–H and O–H groups in total. The van der Waals surface area contributed by atoms with Gasteiger partial charge in [-0.05, 0) is 16.5 Å². The van der Waals surface area contributed by atoms with E-state index in [-0.39, 0.29) is 11.0 Å². The van der Waals surface area contributed by atoms with Gasteiger partial charge in [-0.25, -0.2) is 17.6 Å². The summed E-state index contributed by atoms with van der Waals surface area (Å²) in [6, 6.07) is 7.20. The quantitative estimate of drug-likeness (QED) is 0.532. The van der Waals surface area contributed by atoms with E-state index in [0.29, 0.717) is 0 Å². The first-order chi connectivity index (χ1) is 10.2. The SMILES string of the molecule is CC(C)(C)c1ccc(-c2c(F)c(F)c(C#N)c(F)c2F)cc1. The molecule has 0 heterocycles. The third-order valence-corrected chi connectivity index (χ3v) is 3.41. The smallest absolute Gasteiger partial charge is 0.180 e. The summed E-state index contributed by atoms with van der Waals surface area (Å²) in [6.45, 7) is 5.89. The van der Waals surface area contributed by atoms with Crippen LogP contribution in [0.4, 0.5) is 17.6 Å². The van der Waals surface area contributed by atoms with Crippen molar-refractivity contribution in [2.75, 3.05) is 0 Å². The molecule has 0 atom stereocenters. The van der Waals surface area contributed by atoms with E-state index in [0.717, 1.165) is 11.6 Å². The molecule has 22 heavy (non-hydrogen) atoms. The summed E-state index contributed by atoms with van der Waals surface area (Å²) in [4.78, 5) is 0. The highest BCUT2D eigenvalue weighted by molar-refractivity contribution is 5.67. The zero-order chi connectivity index (χ0) is 16.7. The number of hydrogen-bond donors (Lipinski definition) is 0. The molecule has 1 nitrogen and oxygen atoms in total. The van der Waals surface area contributed by atoms with Crippen molar-refractivity contribution in [3.05, 3.63) is 58.7 Å². The van der Waals surface area contributed by atoms with Crippen molar-refractivity contribution in [2.24, 2.45) is 0 Å². The monoisotopic (exact) mass is 307 g/mol. The number of rotatable bonds is 1. The standard InChI is InChI=1S/C17H13F4N/c1-17(2,3)10-6-4-9(5-7-10)12-15(20)13(18)11(8-22)14(19)16(12)21/h4-7H,1-3H3. The van der Waals surface area contributed by atoms with Crippen LogP contribution in [0.25, 0.3) is 11.1 Å². The molecular weight excluding hydrogens is 294 g/mol. The molecule has 0 fully saturated rings. The van der Waals surface area contributed by atoms with Crippen LogP contribution in [-0.2, 0) is 5.41 Å². The maximum Gasteiger partial charge on any atom is 0.180 e. The van der Waals surface area contributed by atoms with Crippen LogP contribution in [0, 0.1) is 34.6 Å². The second-order valence-electron chi connectivity index (χ2n) is 5.95. The van der Waals surface area contributed by atoms with Crippen LogP contribution >= 0.6 is 0 Å². The van der Waals surface area contributed by atoms with Crippen molar-refractivity contribution in [1.82, 2.24) is 0 Å². The lowest BCUT2D eigenvalue weighted by Gasteiger charge is -2.19. The van der Waals surface area contributed by atoms with Crippen LogP contribution in [0.2, 0.25) is 0 Å². The highest BCUT2D eigenvalue weighted by Gasteiger charge is 2.26. The molecule has 0 aromatic heterocycles. The lowest BCUT2D eigenvalue weighted by molar-refractivity contribution is 0.454. The highest BCUT2D eigenvalue weighted by Crippen LogP contribution is 2.33. The second-order valence-corrected chi connectivity index (χ2v) is 5.95. The van der Waals surface area contributed by atoms with Crippen molar-refractivity contribution >= 4 is 0 Å². The Morgan fingerprint density at radius 3 is 1.64 bits per heavy atom. The van der Waals surface area contributed by atoms with Crippen molar-refractivity contribution in [3.63, 3.8) is 0 Å². The Morgan fingerprint density at radius 2 is 1.27 bits per heavy atom. The minimum absolute atomic E-state index is 0.00490. The Morgan fingerprint density at radius 1 is 0.818 bits per heavy atom. The summed E-state index contributed by atoms with van der Waals surface area (Å²) in [5.41, 5.74) is -1.33. The van der Waals surface area contributed by atoms with E-state index in [1.165, 1.54) is 12.1 Å². The normalized spacial score (nSPS) is 11.4. The first-order valence-electron chi connectivity index (χ1n) is 6.55. The van der Waals surface area contributed by atoms with Gasteiger partial charge >= 0.3 is 0 Å². The van der Waals surface area contributed by atoms with Crippen LogP contribution in [0.15, 0.2) is 24.3 Å². The number of hydrogen-bond acceptors (Lipinski definition) is 1. The van der Waals surface area contributed by atoms with Crippen LogP contribution in [0.5, 0.6) is 0 Å². The van der Waals surface area contributed by atoms with Gasteiger partial charge in [0.15, 0.2) is 23.3 Å². The first kappa shape index (κ1) is 16.0. The average molecular weight is 307 g/mol. The maximum atomic E-state index is 14.0. The minimum atomic E-state index is -1.68.